The first-order valence-corrected chi connectivity index (χ1v) is 6.47. The van der Waals surface area contributed by atoms with Crippen LogP contribution in [0.25, 0.3) is 0 Å². The molecule has 0 saturated carbocycles. The van der Waals surface area contributed by atoms with E-state index in [1.54, 1.807) is 0 Å². The van der Waals surface area contributed by atoms with Gasteiger partial charge in [-0.2, -0.15) is 5.10 Å². The third-order valence-electron chi connectivity index (χ3n) is 3.19. The lowest BCUT2D eigenvalue weighted by Gasteiger charge is -2.34. The van der Waals surface area contributed by atoms with E-state index >= 15 is 0 Å². The molecule has 0 aliphatic carbocycles. The number of hydrogen-bond donors (Lipinski definition) is 1. The molecule has 6 nitrogen and oxygen atoms in total. The first-order chi connectivity index (χ1) is 8.80. The van der Waals surface area contributed by atoms with Gasteiger partial charge in [-0.3, -0.25) is 0 Å². The lowest BCUT2D eigenvalue weighted by molar-refractivity contribution is 0.0717. The Morgan fingerprint density at radius 1 is 1.28 bits per heavy atom. The topological polar surface area (TPSA) is 71.4 Å². The van der Waals surface area contributed by atoms with Crippen LogP contribution in [0.2, 0.25) is 0 Å². The van der Waals surface area contributed by atoms with Gasteiger partial charge in [-0.05, 0) is 12.8 Å². The molecule has 0 bridgehead atoms. The summed E-state index contributed by atoms with van der Waals surface area (Å²) in [4.78, 5) is 6.55. The number of aryl methyl sites for hydroxylation is 2. The number of ether oxygens (including phenoxy) is 1. The molecule has 0 radical (unpaired) electrons. The van der Waals surface area contributed by atoms with Crippen LogP contribution in [0.15, 0.2) is 0 Å². The zero-order chi connectivity index (χ0) is 13.0. The van der Waals surface area contributed by atoms with Gasteiger partial charge in [-0.1, -0.05) is 13.8 Å². The van der Waals surface area contributed by atoms with Crippen molar-refractivity contribution in [3.8, 4) is 0 Å². The number of morpholine rings is 1. The Balaban J connectivity index is 2.26. The van der Waals surface area contributed by atoms with Crippen molar-refractivity contribution in [3.05, 3.63) is 11.4 Å². The van der Waals surface area contributed by atoms with Crippen LogP contribution in [0.3, 0.4) is 0 Å². The Bertz CT molecular complexity index is 400. The quantitative estimate of drug-likeness (QED) is 0.825. The minimum Gasteiger partial charge on any atom is -0.394 e. The molecular weight excluding hydrogens is 232 g/mol. The standard InChI is InChI=1S/C12H20N4O2/c1-3-10-11(4-2)14-15-12(13-10)16-5-6-18-8-9(16)7-17/h9,17H,3-8H2,1-2H3. The van der Waals surface area contributed by atoms with Gasteiger partial charge in [0.2, 0.25) is 5.95 Å². The third kappa shape index (κ3) is 2.59. The average Bonchev–Trinajstić information content (AvgIpc) is 2.46. The Labute approximate surface area is 107 Å². The summed E-state index contributed by atoms with van der Waals surface area (Å²) in [6.45, 7) is 6.00. The van der Waals surface area contributed by atoms with Crippen molar-refractivity contribution in [1.82, 2.24) is 15.2 Å². The molecule has 6 heteroatoms. The fourth-order valence-corrected chi connectivity index (χ4v) is 2.12. The molecule has 1 fully saturated rings. The zero-order valence-electron chi connectivity index (χ0n) is 11.0. The van der Waals surface area contributed by atoms with Gasteiger partial charge in [-0.25, -0.2) is 4.98 Å². The SMILES string of the molecule is CCc1nnc(N2CCOCC2CO)nc1CC. The maximum Gasteiger partial charge on any atom is 0.246 e. The van der Waals surface area contributed by atoms with Gasteiger partial charge in [0, 0.05) is 6.54 Å². The van der Waals surface area contributed by atoms with E-state index in [1.165, 1.54) is 0 Å². The summed E-state index contributed by atoms with van der Waals surface area (Å²) in [5, 5.41) is 17.8. The number of anilines is 1. The van der Waals surface area contributed by atoms with E-state index < -0.39 is 0 Å². The molecule has 18 heavy (non-hydrogen) atoms. The van der Waals surface area contributed by atoms with Crippen LogP contribution in [-0.4, -0.2) is 52.7 Å². The minimum atomic E-state index is -0.0715. The molecule has 100 valence electrons. The number of hydrogen-bond acceptors (Lipinski definition) is 6. The highest BCUT2D eigenvalue weighted by Crippen LogP contribution is 2.16. The molecule has 2 rings (SSSR count). The van der Waals surface area contributed by atoms with Gasteiger partial charge in [0.15, 0.2) is 0 Å². The number of aliphatic hydroxyl groups is 1. The number of aliphatic hydroxyl groups excluding tert-OH is 1. The fraction of sp³-hybridized carbons (Fsp3) is 0.750. The molecule has 1 saturated heterocycles. The second-order valence-corrected chi connectivity index (χ2v) is 4.32. The van der Waals surface area contributed by atoms with Crippen molar-refractivity contribution in [2.45, 2.75) is 32.7 Å². The third-order valence-corrected chi connectivity index (χ3v) is 3.19. The van der Waals surface area contributed by atoms with Gasteiger partial charge in [-0.15, -0.1) is 5.10 Å². The summed E-state index contributed by atoms with van der Waals surface area (Å²) in [6.07, 6.45) is 1.69. The second kappa shape index (κ2) is 6.06. The first-order valence-electron chi connectivity index (χ1n) is 6.47. The van der Waals surface area contributed by atoms with E-state index in [4.69, 9.17) is 4.74 Å². The van der Waals surface area contributed by atoms with Crippen molar-refractivity contribution in [3.63, 3.8) is 0 Å². The average molecular weight is 252 g/mol. The summed E-state index contributed by atoms with van der Waals surface area (Å²) in [7, 11) is 0. The van der Waals surface area contributed by atoms with Crippen molar-refractivity contribution in [2.75, 3.05) is 31.3 Å². The Hall–Kier alpha value is -1.27. The van der Waals surface area contributed by atoms with Gasteiger partial charge >= 0.3 is 0 Å². The molecular formula is C12H20N4O2. The first kappa shape index (κ1) is 13.2. The maximum atomic E-state index is 9.35. The Morgan fingerprint density at radius 2 is 2.06 bits per heavy atom. The highest BCUT2D eigenvalue weighted by Gasteiger charge is 2.25. The van der Waals surface area contributed by atoms with Crippen molar-refractivity contribution in [1.29, 1.82) is 0 Å². The monoisotopic (exact) mass is 252 g/mol. The minimum absolute atomic E-state index is 0.0420. The normalized spacial score (nSPS) is 20.2. The Morgan fingerprint density at radius 3 is 2.72 bits per heavy atom. The Kier molecular flexibility index (Phi) is 4.43. The fourth-order valence-electron chi connectivity index (χ4n) is 2.12. The van der Waals surface area contributed by atoms with E-state index in [0.29, 0.717) is 25.7 Å². The molecule has 1 aromatic rings. The molecule has 1 aliphatic heterocycles. The van der Waals surface area contributed by atoms with Crippen LogP contribution < -0.4 is 4.90 Å². The van der Waals surface area contributed by atoms with Gasteiger partial charge in [0.25, 0.3) is 0 Å². The molecule has 1 N–H and O–H groups in total. The van der Waals surface area contributed by atoms with E-state index in [-0.39, 0.29) is 12.6 Å². The zero-order valence-corrected chi connectivity index (χ0v) is 11.0. The van der Waals surface area contributed by atoms with E-state index in [2.05, 4.69) is 29.0 Å². The lowest BCUT2D eigenvalue weighted by Crippen LogP contribution is -2.48. The highest BCUT2D eigenvalue weighted by atomic mass is 16.5. The molecule has 1 aliphatic rings. The molecule has 1 aromatic heterocycles. The summed E-state index contributed by atoms with van der Waals surface area (Å²) in [5.74, 6) is 0.603. The maximum absolute atomic E-state index is 9.35. The molecule has 0 amide bonds. The molecule has 2 heterocycles. The van der Waals surface area contributed by atoms with E-state index in [9.17, 15) is 5.11 Å². The molecule has 0 aromatic carbocycles. The number of rotatable bonds is 4. The second-order valence-electron chi connectivity index (χ2n) is 4.32. The van der Waals surface area contributed by atoms with Gasteiger partial charge in [0.05, 0.1) is 37.3 Å². The molecule has 0 spiro atoms. The van der Waals surface area contributed by atoms with Crippen LogP contribution in [0.4, 0.5) is 5.95 Å². The highest BCUT2D eigenvalue weighted by molar-refractivity contribution is 5.33. The van der Waals surface area contributed by atoms with E-state index in [1.807, 2.05) is 4.90 Å². The van der Waals surface area contributed by atoms with Crippen LogP contribution >= 0.6 is 0 Å². The van der Waals surface area contributed by atoms with Crippen LogP contribution in [0.5, 0.6) is 0 Å². The van der Waals surface area contributed by atoms with Crippen molar-refractivity contribution in [2.24, 2.45) is 0 Å². The number of aromatic nitrogens is 3. The molecule has 1 atom stereocenters. The van der Waals surface area contributed by atoms with Gasteiger partial charge < -0.3 is 14.7 Å². The smallest absolute Gasteiger partial charge is 0.246 e. The predicted octanol–water partition coefficient (Wildman–Crippen LogP) is 0.194. The van der Waals surface area contributed by atoms with Crippen LogP contribution in [-0.2, 0) is 17.6 Å². The summed E-state index contributed by atoms with van der Waals surface area (Å²) in [5.41, 5.74) is 1.95. The number of nitrogens with zero attached hydrogens (tertiary/aromatic N) is 4. The summed E-state index contributed by atoms with van der Waals surface area (Å²) in [6, 6.07) is -0.0715. The van der Waals surface area contributed by atoms with Crippen molar-refractivity contribution < 1.29 is 9.84 Å². The van der Waals surface area contributed by atoms with Crippen LogP contribution in [0.1, 0.15) is 25.2 Å². The van der Waals surface area contributed by atoms with E-state index in [0.717, 1.165) is 24.2 Å². The molecule has 1 unspecified atom stereocenters. The van der Waals surface area contributed by atoms with Crippen LogP contribution in [0, 0.1) is 0 Å². The largest absolute Gasteiger partial charge is 0.394 e. The van der Waals surface area contributed by atoms with Gasteiger partial charge in [0.1, 0.15) is 0 Å². The predicted molar refractivity (Wildman–Crippen MR) is 67.6 cm³/mol. The lowest BCUT2D eigenvalue weighted by atomic mass is 10.2. The van der Waals surface area contributed by atoms with Crippen molar-refractivity contribution >= 4 is 5.95 Å². The summed E-state index contributed by atoms with van der Waals surface area (Å²) >= 11 is 0. The summed E-state index contributed by atoms with van der Waals surface area (Å²) < 4.78 is 5.35.